The van der Waals surface area contributed by atoms with E-state index in [0.29, 0.717) is 23.0 Å². The third-order valence-electron chi connectivity index (χ3n) is 18.2. The molecule has 1 aliphatic carbocycles. The maximum atomic E-state index is 15.8. The van der Waals surface area contributed by atoms with Crippen molar-refractivity contribution in [1.29, 1.82) is 0 Å². The first kappa shape index (κ1) is 65.7. The second kappa shape index (κ2) is 31.6. The van der Waals surface area contributed by atoms with Crippen LogP contribution in [0.15, 0.2) is 121 Å². The van der Waals surface area contributed by atoms with Crippen molar-refractivity contribution in [3.8, 4) is 75.1 Å². The molecule has 0 aliphatic heterocycles. The molecule has 0 saturated heterocycles. The number of aromatic nitrogens is 4. The molecule has 3 unspecified atom stereocenters. The molecule has 10 heteroatoms. The van der Waals surface area contributed by atoms with E-state index < -0.39 is 0 Å². The Bertz CT molecular complexity index is 3820. The summed E-state index contributed by atoms with van der Waals surface area (Å²) in [5.41, 5.74) is 18.4. The van der Waals surface area contributed by atoms with E-state index in [4.69, 9.17) is 17.5 Å². The maximum Gasteiger partial charge on any atom is 0.132 e. The van der Waals surface area contributed by atoms with E-state index >= 15 is 8.78 Å². The molecule has 87 heavy (non-hydrogen) atoms. The number of fused-ring (bicyclic) bond motifs is 5. The lowest BCUT2D eigenvalue weighted by Gasteiger charge is -2.28. The molecule has 0 saturated carbocycles. The summed E-state index contributed by atoms with van der Waals surface area (Å²) < 4.78 is 51.2. The van der Waals surface area contributed by atoms with Crippen molar-refractivity contribution >= 4 is 68.2 Å². The third-order valence-corrected chi connectivity index (χ3v) is 21.5. The molecule has 0 bridgehead atoms. The Morgan fingerprint density at radius 3 is 1.24 bits per heavy atom. The molecule has 6 aromatic carbocycles. The van der Waals surface area contributed by atoms with Crippen molar-refractivity contribution in [2.75, 3.05) is 0 Å². The SMILES string of the molecule is CC.CCCCCC.CCCCCCC1(C)c2cc(-c3ccc(-c4ccc(-c5ccc(CCC(C)CCCC)cc5F)s4)c4nsnc34)ccc2-c2ccc(-c3ccc(-c4ccc(-c5ccc(CCC(CC)CCCC)cc5F)s4)c4nsnc34)cc21. The zero-order chi connectivity index (χ0) is 61.5. The van der Waals surface area contributed by atoms with Crippen LogP contribution in [0.4, 0.5) is 8.78 Å². The topological polar surface area (TPSA) is 51.6 Å². The molecular weight excluding hydrogens is 1150 g/mol. The fourth-order valence-corrected chi connectivity index (χ4v) is 16.1. The summed E-state index contributed by atoms with van der Waals surface area (Å²) in [5.74, 6) is 1.03. The maximum absolute atomic E-state index is 15.8. The summed E-state index contributed by atoms with van der Waals surface area (Å²) in [7, 11) is 0. The van der Waals surface area contributed by atoms with Gasteiger partial charge in [-0.1, -0.05) is 238 Å². The monoisotopic (exact) mass is 1240 g/mol. The molecule has 3 atom stereocenters. The molecule has 1 aliphatic rings. The molecule has 0 radical (unpaired) electrons. The van der Waals surface area contributed by atoms with Gasteiger partial charge in [0.1, 0.15) is 33.7 Å². The number of benzene rings is 6. The smallest absolute Gasteiger partial charge is 0.132 e. The zero-order valence-electron chi connectivity index (χ0n) is 53.5. The Hall–Kier alpha value is -5.78. The van der Waals surface area contributed by atoms with Gasteiger partial charge in [-0.3, -0.25) is 0 Å². The van der Waals surface area contributed by atoms with Crippen molar-refractivity contribution in [1.82, 2.24) is 17.5 Å². The predicted octanol–water partition coefficient (Wildman–Crippen LogP) is 25.9. The Morgan fingerprint density at radius 2 is 0.793 bits per heavy atom. The van der Waals surface area contributed by atoms with Crippen LogP contribution in [-0.2, 0) is 18.3 Å². The molecule has 458 valence electrons. The molecule has 0 N–H and O–H groups in total. The number of hydrogen-bond acceptors (Lipinski definition) is 8. The molecule has 4 aromatic heterocycles. The van der Waals surface area contributed by atoms with Crippen LogP contribution in [0.2, 0.25) is 0 Å². The molecule has 0 fully saturated rings. The molecule has 4 nitrogen and oxygen atoms in total. The van der Waals surface area contributed by atoms with Crippen LogP contribution < -0.4 is 0 Å². The van der Waals surface area contributed by atoms with Crippen LogP contribution in [0.5, 0.6) is 0 Å². The fourth-order valence-electron chi connectivity index (χ4n) is 12.8. The lowest BCUT2D eigenvalue weighted by molar-refractivity contribution is 0.421. The first-order valence-electron chi connectivity index (χ1n) is 33.1. The highest BCUT2D eigenvalue weighted by Crippen LogP contribution is 2.54. The van der Waals surface area contributed by atoms with Crippen LogP contribution >= 0.6 is 46.1 Å². The minimum atomic E-state index is -0.232. The van der Waals surface area contributed by atoms with E-state index in [1.54, 1.807) is 34.8 Å². The second-order valence-corrected chi connectivity index (χ2v) is 27.5. The minimum absolute atomic E-state index is 0.155. The Labute approximate surface area is 536 Å². The van der Waals surface area contributed by atoms with Crippen molar-refractivity contribution in [3.63, 3.8) is 0 Å². The average Bonchev–Trinajstić information content (AvgIpc) is 1.62. The van der Waals surface area contributed by atoms with E-state index in [0.717, 1.165) is 125 Å². The molecular formula is C77H92F2N4S4. The van der Waals surface area contributed by atoms with Gasteiger partial charge in [-0.25, -0.2) is 8.78 Å². The third kappa shape index (κ3) is 15.1. The van der Waals surface area contributed by atoms with Crippen LogP contribution in [0.3, 0.4) is 0 Å². The van der Waals surface area contributed by atoms with Gasteiger partial charge in [0.25, 0.3) is 0 Å². The second-order valence-electron chi connectivity index (χ2n) is 24.3. The van der Waals surface area contributed by atoms with Crippen LogP contribution in [0.25, 0.3) is 97.2 Å². The quantitative estimate of drug-likeness (QED) is 0.0482. The lowest BCUT2D eigenvalue weighted by atomic mass is 9.75. The number of aryl methyl sites for hydroxylation is 2. The van der Waals surface area contributed by atoms with E-state index in [-0.39, 0.29) is 17.0 Å². The summed E-state index contributed by atoms with van der Waals surface area (Å²) in [5, 5.41) is 0. The molecule has 10 aromatic rings. The highest BCUT2D eigenvalue weighted by Gasteiger charge is 2.40. The first-order valence-corrected chi connectivity index (χ1v) is 36.2. The van der Waals surface area contributed by atoms with Gasteiger partial charge >= 0.3 is 0 Å². The van der Waals surface area contributed by atoms with E-state index in [9.17, 15) is 0 Å². The van der Waals surface area contributed by atoms with Gasteiger partial charge in [-0.05, 0) is 137 Å². The van der Waals surface area contributed by atoms with E-state index in [1.165, 1.54) is 136 Å². The predicted molar refractivity (Wildman–Crippen MR) is 377 cm³/mol. The number of halogens is 2. The summed E-state index contributed by atoms with van der Waals surface area (Å²) >= 11 is 5.72. The summed E-state index contributed by atoms with van der Waals surface area (Å²) in [6.45, 7) is 22.3. The zero-order valence-corrected chi connectivity index (χ0v) is 56.8. The van der Waals surface area contributed by atoms with Gasteiger partial charge in [0.15, 0.2) is 0 Å². The summed E-state index contributed by atoms with van der Waals surface area (Å²) in [4.78, 5) is 3.93. The summed E-state index contributed by atoms with van der Waals surface area (Å²) in [6, 6.07) is 42.7. The van der Waals surface area contributed by atoms with Gasteiger partial charge in [-0.2, -0.15) is 17.5 Å². The van der Waals surface area contributed by atoms with Gasteiger partial charge in [0.05, 0.1) is 23.5 Å². The van der Waals surface area contributed by atoms with Crippen LogP contribution in [0, 0.1) is 23.5 Å². The largest absolute Gasteiger partial charge is 0.206 e. The Morgan fingerprint density at radius 1 is 0.402 bits per heavy atom. The standard InChI is InChI=1S/C69H72F2N4S4.C6H14.C2H6/c1-7-11-14-15-38-69(6)57-41-47(49-30-32-55(67-65(49)72-78-74-67)63-36-34-61(76-63)53-26-22-45(39-59(53)70)19-18-43(5)16-12-8-2)24-28-51(57)52-29-25-48(42-58(52)69)50-31-33-56(68-66(50)73-79-75-68)64-37-35-62(77-64)54-27-23-46(40-60(54)71)21-20-44(10-4)17-13-9-3;1-3-5-6-4-2;1-2/h22-37,39-44H,7-21,38H2,1-6H3;3-6H2,1-2H3;1-2H3. The summed E-state index contributed by atoms with van der Waals surface area (Å²) in [6.07, 6.45) is 23.9. The average molecular weight is 1240 g/mol. The fraction of sp³-hybridized carbons (Fsp3) is 0.429. The van der Waals surface area contributed by atoms with E-state index in [2.05, 4.69) is 140 Å². The molecule has 11 rings (SSSR count). The van der Waals surface area contributed by atoms with Gasteiger partial charge in [0, 0.05) is 58.3 Å². The Balaban J connectivity index is 0.00000106. The van der Waals surface area contributed by atoms with Crippen molar-refractivity contribution in [3.05, 3.63) is 155 Å². The molecule has 0 spiro atoms. The molecule has 4 heterocycles. The van der Waals surface area contributed by atoms with Crippen LogP contribution in [0.1, 0.15) is 207 Å². The number of hydrogen-bond donors (Lipinski definition) is 0. The van der Waals surface area contributed by atoms with Crippen molar-refractivity contribution in [2.24, 2.45) is 11.8 Å². The van der Waals surface area contributed by atoms with E-state index in [1.807, 2.05) is 38.1 Å². The minimum Gasteiger partial charge on any atom is -0.206 e. The van der Waals surface area contributed by atoms with Gasteiger partial charge in [-0.15, -0.1) is 22.7 Å². The number of thiophene rings is 2. The number of unbranched alkanes of at least 4 members (excludes halogenated alkanes) is 8. The first-order chi connectivity index (χ1) is 42.5. The number of rotatable bonds is 27. The Kier molecular flexibility index (Phi) is 23.8. The highest BCUT2D eigenvalue weighted by molar-refractivity contribution is 7.19. The highest BCUT2D eigenvalue weighted by atomic mass is 32.1. The van der Waals surface area contributed by atoms with Crippen molar-refractivity contribution in [2.45, 2.75) is 203 Å². The van der Waals surface area contributed by atoms with Gasteiger partial charge in [0.2, 0.25) is 0 Å². The van der Waals surface area contributed by atoms with Crippen LogP contribution in [-0.4, -0.2) is 17.5 Å². The molecule has 0 amide bonds. The normalized spacial score (nSPS) is 14.2. The van der Waals surface area contributed by atoms with Crippen molar-refractivity contribution < 1.29 is 8.78 Å². The lowest BCUT2D eigenvalue weighted by Crippen LogP contribution is -2.21. The van der Waals surface area contributed by atoms with Gasteiger partial charge < -0.3 is 0 Å². The number of nitrogens with zero attached hydrogens (tertiary/aromatic N) is 4.